The summed E-state index contributed by atoms with van der Waals surface area (Å²) in [6, 6.07) is 4.71. The molecule has 2 aromatic heterocycles. The second-order valence-corrected chi connectivity index (χ2v) is 5.08. The van der Waals surface area contributed by atoms with Crippen molar-refractivity contribution in [3.05, 3.63) is 42.2 Å². The number of aryl methyl sites for hydroxylation is 1. The third kappa shape index (κ3) is 3.10. The van der Waals surface area contributed by atoms with E-state index in [-0.39, 0.29) is 17.9 Å². The predicted octanol–water partition coefficient (Wildman–Crippen LogP) is 3.00. The molecule has 0 atom stereocenters. The number of methoxy groups -OCH3 is 1. The van der Waals surface area contributed by atoms with E-state index in [2.05, 4.69) is 20.3 Å². The zero-order chi connectivity index (χ0) is 17.3. The number of halogens is 3. The van der Waals surface area contributed by atoms with E-state index >= 15 is 0 Å². The fourth-order valence-corrected chi connectivity index (χ4v) is 2.23. The van der Waals surface area contributed by atoms with Gasteiger partial charge in [0.2, 0.25) is 5.82 Å². The zero-order valence-corrected chi connectivity index (χ0v) is 12.9. The van der Waals surface area contributed by atoms with Crippen molar-refractivity contribution in [2.45, 2.75) is 12.7 Å². The number of alkyl halides is 3. The maximum Gasteiger partial charge on any atom is 0.451 e. The number of benzene rings is 1. The van der Waals surface area contributed by atoms with Crippen LogP contribution in [0.4, 0.5) is 19.0 Å². The van der Waals surface area contributed by atoms with Gasteiger partial charge in [-0.25, -0.2) is 15.0 Å². The monoisotopic (exact) mass is 337 g/mol. The summed E-state index contributed by atoms with van der Waals surface area (Å²) in [7, 11) is 3.24. The Morgan fingerprint density at radius 2 is 2.04 bits per heavy atom. The Bertz CT molecular complexity index is 875. The number of imidazole rings is 1. The first kappa shape index (κ1) is 16.0. The number of aromatic nitrogens is 4. The fourth-order valence-electron chi connectivity index (χ4n) is 2.23. The van der Waals surface area contributed by atoms with Gasteiger partial charge in [0.25, 0.3) is 0 Å². The summed E-state index contributed by atoms with van der Waals surface area (Å²) in [4.78, 5) is 11.4. The lowest BCUT2D eigenvalue weighted by atomic mass is 10.2. The molecule has 0 bridgehead atoms. The topological polar surface area (TPSA) is 64.9 Å². The van der Waals surface area contributed by atoms with Gasteiger partial charge in [-0.1, -0.05) is 0 Å². The summed E-state index contributed by atoms with van der Waals surface area (Å²) in [6.45, 7) is 0.235. The van der Waals surface area contributed by atoms with Crippen LogP contribution in [0, 0.1) is 0 Å². The van der Waals surface area contributed by atoms with Crippen molar-refractivity contribution in [1.82, 2.24) is 19.5 Å². The molecule has 0 fully saturated rings. The molecule has 0 unspecified atom stereocenters. The quantitative estimate of drug-likeness (QED) is 0.793. The number of anilines is 1. The number of nitrogens with zero attached hydrogens (tertiary/aromatic N) is 4. The molecule has 0 aliphatic rings. The third-order valence-corrected chi connectivity index (χ3v) is 3.49. The minimum atomic E-state index is -4.64. The highest BCUT2D eigenvalue weighted by atomic mass is 19.4. The minimum absolute atomic E-state index is 0.0954. The zero-order valence-electron chi connectivity index (χ0n) is 12.9. The Morgan fingerprint density at radius 1 is 1.25 bits per heavy atom. The molecule has 0 spiro atoms. The predicted molar refractivity (Wildman–Crippen MR) is 81.6 cm³/mol. The second-order valence-electron chi connectivity index (χ2n) is 5.08. The van der Waals surface area contributed by atoms with E-state index in [1.807, 2.05) is 0 Å². The molecule has 0 amide bonds. The summed E-state index contributed by atoms with van der Waals surface area (Å²) in [5.41, 5.74) is 0.152. The first-order chi connectivity index (χ1) is 11.4. The third-order valence-electron chi connectivity index (χ3n) is 3.49. The number of fused-ring (bicyclic) bond motifs is 1. The van der Waals surface area contributed by atoms with E-state index in [1.165, 1.54) is 13.2 Å². The molecule has 2 heterocycles. The summed E-state index contributed by atoms with van der Waals surface area (Å²) >= 11 is 0. The summed E-state index contributed by atoms with van der Waals surface area (Å²) in [5.74, 6) is -0.0169. The minimum Gasteiger partial charge on any atom is -0.497 e. The molecule has 0 aliphatic heterocycles. The molecule has 3 aromatic rings. The molecule has 0 saturated carbocycles. The van der Waals surface area contributed by atoms with Crippen molar-refractivity contribution in [3.63, 3.8) is 0 Å². The van der Waals surface area contributed by atoms with Crippen LogP contribution in [0.2, 0.25) is 0 Å². The Labute approximate surface area is 135 Å². The fraction of sp³-hybridized carbons (Fsp3) is 0.267. The number of nitrogens with one attached hydrogen (secondary N) is 1. The number of hydrogen-bond acceptors (Lipinski definition) is 5. The summed E-state index contributed by atoms with van der Waals surface area (Å²) in [5, 5.41) is 3.38. The SMILES string of the molecule is COc1ccc2c(NCc3nccn3C)nc(C(F)(F)F)nc2c1. The highest BCUT2D eigenvalue weighted by Gasteiger charge is 2.35. The van der Waals surface area contributed by atoms with Gasteiger partial charge in [0.1, 0.15) is 17.4 Å². The Hall–Kier alpha value is -2.84. The summed E-state index contributed by atoms with van der Waals surface area (Å²) < 4.78 is 46.0. The average Bonchev–Trinajstić information content (AvgIpc) is 2.96. The molecule has 1 aromatic carbocycles. The van der Waals surface area contributed by atoms with Crippen molar-refractivity contribution in [2.75, 3.05) is 12.4 Å². The van der Waals surface area contributed by atoms with Crippen LogP contribution in [-0.2, 0) is 19.8 Å². The van der Waals surface area contributed by atoms with Crippen LogP contribution < -0.4 is 10.1 Å². The molecule has 126 valence electrons. The first-order valence-electron chi connectivity index (χ1n) is 7.01. The van der Waals surface area contributed by atoms with Gasteiger partial charge in [-0.2, -0.15) is 13.2 Å². The lowest BCUT2D eigenvalue weighted by Crippen LogP contribution is -2.14. The van der Waals surface area contributed by atoms with Crippen LogP contribution in [0.5, 0.6) is 5.75 Å². The molecular formula is C15H14F3N5O. The number of rotatable bonds is 4. The second kappa shape index (κ2) is 5.99. The normalized spacial score (nSPS) is 11.7. The van der Waals surface area contributed by atoms with Gasteiger partial charge in [-0.3, -0.25) is 0 Å². The van der Waals surface area contributed by atoms with Crippen molar-refractivity contribution in [1.29, 1.82) is 0 Å². The molecule has 3 rings (SSSR count). The molecule has 9 heteroatoms. The molecule has 6 nitrogen and oxygen atoms in total. The molecule has 0 saturated heterocycles. The molecular weight excluding hydrogens is 323 g/mol. The standard InChI is InChI=1S/C15H14F3N5O/c1-23-6-5-19-12(23)8-20-13-10-4-3-9(24-2)7-11(10)21-14(22-13)15(16,17)18/h3-7H,8H2,1-2H3,(H,20,21,22). The van der Waals surface area contributed by atoms with E-state index in [1.54, 1.807) is 36.1 Å². The lowest BCUT2D eigenvalue weighted by Gasteiger charge is -2.13. The largest absolute Gasteiger partial charge is 0.497 e. The highest BCUT2D eigenvalue weighted by Crippen LogP contribution is 2.31. The van der Waals surface area contributed by atoms with E-state index in [4.69, 9.17) is 4.74 Å². The van der Waals surface area contributed by atoms with E-state index in [0.29, 0.717) is 17.0 Å². The number of hydrogen-bond donors (Lipinski definition) is 1. The average molecular weight is 337 g/mol. The molecule has 24 heavy (non-hydrogen) atoms. The Balaban J connectivity index is 2.05. The van der Waals surface area contributed by atoms with Crippen molar-refractivity contribution in [2.24, 2.45) is 7.05 Å². The van der Waals surface area contributed by atoms with Gasteiger partial charge < -0.3 is 14.6 Å². The maximum atomic E-state index is 13.1. The van der Waals surface area contributed by atoms with E-state index in [0.717, 1.165) is 0 Å². The van der Waals surface area contributed by atoms with Crippen LogP contribution in [-0.4, -0.2) is 26.6 Å². The van der Waals surface area contributed by atoms with Gasteiger partial charge in [0.05, 0.1) is 19.2 Å². The van der Waals surface area contributed by atoms with Crippen molar-refractivity contribution in [3.8, 4) is 5.75 Å². The van der Waals surface area contributed by atoms with Crippen molar-refractivity contribution >= 4 is 16.7 Å². The van der Waals surface area contributed by atoms with Crippen LogP contribution in [0.1, 0.15) is 11.6 Å². The van der Waals surface area contributed by atoms with Crippen LogP contribution in [0.25, 0.3) is 10.9 Å². The van der Waals surface area contributed by atoms with Gasteiger partial charge in [-0.05, 0) is 12.1 Å². The van der Waals surface area contributed by atoms with E-state index in [9.17, 15) is 13.2 Å². The first-order valence-corrected chi connectivity index (χ1v) is 7.01. The van der Waals surface area contributed by atoms with Crippen LogP contribution >= 0.6 is 0 Å². The molecule has 0 radical (unpaired) electrons. The van der Waals surface area contributed by atoms with Crippen LogP contribution in [0.15, 0.2) is 30.6 Å². The molecule has 0 aliphatic carbocycles. The Kier molecular flexibility index (Phi) is 4.00. The molecule has 1 N–H and O–H groups in total. The van der Waals surface area contributed by atoms with Gasteiger partial charge in [0, 0.05) is 30.9 Å². The smallest absolute Gasteiger partial charge is 0.451 e. The highest BCUT2D eigenvalue weighted by molar-refractivity contribution is 5.90. The summed E-state index contributed by atoms with van der Waals surface area (Å²) in [6.07, 6.45) is -1.28. The van der Waals surface area contributed by atoms with Crippen molar-refractivity contribution < 1.29 is 17.9 Å². The lowest BCUT2D eigenvalue weighted by molar-refractivity contribution is -0.144. The number of ether oxygens (including phenoxy) is 1. The Morgan fingerprint density at radius 3 is 2.67 bits per heavy atom. The van der Waals surface area contributed by atoms with Gasteiger partial charge in [-0.15, -0.1) is 0 Å². The maximum absolute atomic E-state index is 13.1. The van der Waals surface area contributed by atoms with Gasteiger partial charge in [0.15, 0.2) is 0 Å². The van der Waals surface area contributed by atoms with Gasteiger partial charge >= 0.3 is 6.18 Å². The van der Waals surface area contributed by atoms with E-state index < -0.39 is 12.0 Å². The van der Waals surface area contributed by atoms with Crippen LogP contribution in [0.3, 0.4) is 0 Å².